The van der Waals surface area contributed by atoms with Gasteiger partial charge < -0.3 is 10.1 Å². The molecule has 0 aliphatic rings. The fraction of sp³-hybridized carbons (Fsp3) is 0.357. The van der Waals surface area contributed by atoms with Crippen LogP contribution in [0, 0.1) is 0 Å². The first-order valence-corrected chi connectivity index (χ1v) is 6.94. The van der Waals surface area contributed by atoms with Gasteiger partial charge in [-0.15, -0.1) is 11.3 Å². The highest BCUT2D eigenvalue weighted by atomic mass is 32.1. The van der Waals surface area contributed by atoms with Crippen molar-refractivity contribution in [3.8, 4) is 10.6 Å². The third-order valence-corrected chi connectivity index (χ3v) is 3.53. The number of hydrogen-bond donors (Lipinski definition) is 1. The van der Waals surface area contributed by atoms with Crippen LogP contribution in [-0.4, -0.2) is 18.6 Å². The topological polar surface area (TPSA) is 34.1 Å². The van der Waals surface area contributed by atoms with Gasteiger partial charge in [-0.1, -0.05) is 25.1 Å². The van der Waals surface area contributed by atoms with E-state index in [4.69, 9.17) is 4.74 Å². The first-order valence-electron chi connectivity index (χ1n) is 6.07. The molecule has 0 saturated carbocycles. The Morgan fingerprint density at radius 3 is 3.06 bits per heavy atom. The maximum atomic E-state index is 5.15. The van der Waals surface area contributed by atoms with Crippen LogP contribution in [0.5, 0.6) is 0 Å². The minimum absolute atomic E-state index is 0.642. The Morgan fingerprint density at radius 2 is 2.28 bits per heavy atom. The van der Waals surface area contributed by atoms with Crippen LogP contribution < -0.4 is 5.32 Å². The summed E-state index contributed by atoms with van der Waals surface area (Å²) < 4.78 is 5.15. The van der Waals surface area contributed by atoms with Crippen LogP contribution in [0.15, 0.2) is 29.6 Å². The molecule has 0 saturated heterocycles. The Hall–Kier alpha value is -1.23. The molecule has 0 radical (unpaired) electrons. The van der Waals surface area contributed by atoms with Gasteiger partial charge in [0.15, 0.2) is 0 Å². The monoisotopic (exact) mass is 262 g/mol. The molecule has 2 aromatic rings. The smallest absolute Gasteiger partial charge is 0.123 e. The lowest BCUT2D eigenvalue weighted by atomic mass is 10.1. The molecule has 0 amide bonds. The molecule has 0 bridgehead atoms. The largest absolute Gasteiger partial charge is 0.380 e. The molecule has 3 nitrogen and oxygen atoms in total. The maximum Gasteiger partial charge on any atom is 0.123 e. The lowest BCUT2D eigenvalue weighted by molar-refractivity contribution is 0.185. The third-order valence-electron chi connectivity index (χ3n) is 2.59. The molecule has 0 aliphatic carbocycles. The lowest BCUT2D eigenvalue weighted by Gasteiger charge is -2.02. The summed E-state index contributed by atoms with van der Waals surface area (Å²) >= 11 is 1.69. The summed E-state index contributed by atoms with van der Waals surface area (Å²) in [5, 5.41) is 6.47. The van der Waals surface area contributed by atoms with Gasteiger partial charge in [-0.3, -0.25) is 0 Å². The van der Waals surface area contributed by atoms with Gasteiger partial charge >= 0.3 is 0 Å². The van der Waals surface area contributed by atoms with E-state index in [0.29, 0.717) is 6.61 Å². The Labute approximate surface area is 112 Å². The highest BCUT2D eigenvalue weighted by molar-refractivity contribution is 7.13. The predicted octanol–water partition coefficient (Wildman–Crippen LogP) is 3.07. The molecule has 1 N–H and O–H groups in total. The van der Waals surface area contributed by atoms with Crippen molar-refractivity contribution >= 4 is 11.3 Å². The van der Waals surface area contributed by atoms with E-state index in [0.717, 1.165) is 29.4 Å². The number of nitrogens with one attached hydrogen (secondary N) is 1. The molecule has 0 atom stereocenters. The number of benzene rings is 1. The maximum absolute atomic E-state index is 5.15. The van der Waals surface area contributed by atoms with Crippen molar-refractivity contribution in [3.63, 3.8) is 0 Å². The van der Waals surface area contributed by atoms with Gasteiger partial charge in [0.05, 0.1) is 12.3 Å². The van der Waals surface area contributed by atoms with Crippen molar-refractivity contribution in [1.82, 2.24) is 10.3 Å². The second-order valence-electron chi connectivity index (χ2n) is 4.06. The number of rotatable bonds is 6. The van der Waals surface area contributed by atoms with E-state index in [2.05, 4.69) is 46.9 Å². The molecular weight excluding hydrogens is 244 g/mol. The van der Waals surface area contributed by atoms with Crippen molar-refractivity contribution in [3.05, 3.63) is 40.9 Å². The number of thiazole rings is 1. The normalized spacial score (nSPS) is 10.8. The van der Waals surface area contributed by atoms with Crippen LogP contribution in [0.3, 0.4) is 0 Å². The van der Waals surface area contributed by atoms with Crippen molar-refractivity contribution in [1.29, 1.82) is 0 Å². The van der Waals surface area contributed by atoms with Crippen LogP contribution in [-0.2, 0) is 17.9 Å². The molecule has 1 aromatic heterocycles. The highest BCUT2D eigenvalue weighted by Gasteiger charge is 2.05. The minimum Gasteiger partial charge on any atom is -0.380 e. The molecule has 0 spiro atoms. The molecular formula is C14H18N2OS. The lowest BCUT2D eigenvalue weighted by Crippen LogP contribution is -2.11. The average Bonchev–Trinajstić information content (AvgIpc) is 2.86. The Morgan fingerprint density at radius 1 is 1.39 bits per heavy atom. The van der Waals surface area contributed by atoms with E-state index in [1.54, 1.807) is 18.4 Å². The van der Waals surface area contributed by atoms with Gasteiger partial charge in [0.2, 0.25) is 0 Å². The van der Waals surface area contributed by atoms with E-state index in [9.17, 15) is 0 Å². The van der Waals surface area contributed by atoms with Crippen molar-refractivity contribution < 1.29 is 4.74 Å². The zero-order chi connectivity index (χ0) is 12.8. The van der Waals surface area contributed by atoms with Crippen LogP contribution in [0.25, 0.3) is 10.6 Å². The van der Waals surface area contributed by atoms with Crippen molar-refractivity contribution in [2.45, 2.75) is 20.1 Å². The molecule has 0 aliphatic heterocycles. The van der Waals surface area contributed by atoms with E-state index in [1.807, 2.05) is 0 Å². The number of nitrogens with zero attached hydrogens (tertiary/aromatic N) is 1. The summed E-state index contributed by atoms with van der Waals surface area (Å²) in [6, 6.07) is 8.35. The van der Waals surface area contributed by atoms with Gasteiger partial charge in [-0.05, 0) is 18.2 Å². The summed E-state index contributed by atoms with van der Waals surface area (Å²) in [4.78, 5) is 4.63. The average molecular weight is 262 g/mol. The van der Waals surface area contributed by atoms with Crippen LogP contribution >= 0.6 is 11.3 Å². The second-order valence-corrected chi connectivity index (χ2v) is 4.92. The van der Waals surface area contributed by atoms with E-state index in [-0.39, 0.29) is 0 Å². The van der Waals surface area contributed by atoms with Crippen molar-refractivity contribution in [2.75, 3.05) is 13.7 Å². The SMILES string of the molecule is CCNCc1csc(-c2cccc(COC)c2)n1. The fourth-order valence-electron chi connectivity index (χ4n) is 1.73. The third kappa shape index (κ3) is 3.38. The molecule has 1 aromatic carbocycles. The standard InChI is InChI=1S/C14H18N2OS/c1-3-15-8-13-10-18-14(16-13)12-6-4-5-11(7-12)9-17-2/h4-7,10,15H,3,8-9H2,1-2H3. The van der Waals surface area contributed by atoms with Gasteiger partial charge in [0.1, 0.15) is 5.01 Å². The first kappa shape index (κ1) is 13.2. The highest BCUT2D eigenvalue weighted by Crippen LogP contribution is 2.24. The van der Waals surface area contributed by atoms with Crippen LogP contribution in [0.1, 0.15) is 18.2 Å². The number of ether oxygens (including phenoxy) is 1. The molecule has 96 valence electrons. The molecule has 4 heteroatoms. The number of methoxy groups -OCH3 is 1. The molecule has 0 unspecified atom stereocenters. The Kier molecular flexibility index (Phi) is 4.87. The summed E-state index contributed by atoms with van der Waals surface area (Å²) in [5.41, 5.74) is 3.45. The summed E-state index contributed by atoms with van der Waals surface area (Å²) in [6.07, 6.45) is 0. The fourth-order valence-corrected chi connectivity index (χ4v) is 2.55. The Bertz CT molecular complexity index is 496. The Balaban J connectivity index is 2.15. The van der Waals surface area contributed by atoms with Gasteiger partial charge in [0, 0.05) is 24.6 Å². The van der Waals surface area contributed by atoms with Gasteiger partial charge in [-0.25, -0.2) is 4.98 Å². The summed E-state index contributed by atoms with van der Waals surface area (Å²) in [5.74, 6) is 0. The summed E-state index contributed by atoms with van der Waals surface area (Å²) in [6.45, 7) is 4.55. The molecule has 0 fully saturated rings. The van der Waals surface area contributed by atoms with Gasteiger partial charge in [-0.2, -0.15) is 0 Å². The zero-order valence-corrected chi connectivity index (χ0v) is 11.6. The number of hydrogen-bond acceptors (Lipinski definition) is 4. The molecule has 18 heavy (non-hydrogen) atoms. The molecule has 2 rings (SSSR count). The summed E-state index contributed by atoms with van der Waals surface area (Å²) in [7, 11) is 1.71. The molecule has 1 heterocycles. The second kappa shape index (κ2) is 6.64. The van der Waals surface area contributed by atoms with Crippen LogP contribution in [0.4, 0.5) is 0 Å². The number of aromatic nitrogens is 1. The van der Waals surface area contributed by atoms with Crippen molar-refractivity contribution in [2.24, 2.45) is 0 Å². The van der Waals surface area contributed by atoms with E-state index < -0.39 is 0 Å². The van der Waals surface area contributed by atoms with Crippen LogP contribution in [0.2, 0.25) is 0 Å². The predicted molar refractivity (Wildman–Crippen MR) is 75.6 cm³/mol. The zero-order valence-electron chi connectivity index (χ0n) is 10.8. The quantitative estimate of drug-likeness (QED) is 0.868. The van der Waals surface area contributed by atoms with E-state index in [1.165, 1.54) is 5.56 Å². The van der Waals surface area contributed by atoms with E-state index >= 15 is 0 Å². The first-order chi connectivity index (χ1) is 8.83. The minimum atomic E-state index is 0.642. The van der Waals surface area contributed by atoms with Gasteiger partial charge in [0.25, 0.3) is 0 Å².